The average molecular weight is 273 g/mol. The fourth-order valence-corrected chi connectivity index (χ4v) is 4.12. The second kappa shape index (κ2) is 5.77. The highest BCUT2D eigenvalue weighted by Gasteiger charge is 2.46. The topological polar surface area (TPSA) is 21.3 Å². The number of rotatable bonds is 4. The molecule has 0 amide bonds. The molecular weight excluding hydrogens is 246 g/mol. The zero-order valence-corrected chi connectivity index (χ0v) is 12.8. The van der Waals surface area contributed by atoms with Crippen LogP contribution in [-0.2, 0) is 0 Å². The first-order valence-corrected chi connectivity index (χ1v) is 8.13. The maximum atomic E-state index is 5.33. The smallest absolute Gasteiger partial charge is 0.119 e. The van der Waals surface area contributed by atoms with Crippen LogP contribution >= 0.6 is 0 Å². The van der Waals surface area contributed by atoms with E-state index >= 15 is 0 Å². The molecule has 0 aromatic heterocycles. The van der Waals surface area contributed by atoms with Gasteiger partial charge in [0, 0.05) is 12.1 Å². The van der Waals surface area contributed by atoms with Gasteiger partial charge < -0.3 is 10.1 Å². The Hall–Kier alpha value is -1.02. The largest absolute Gasteiger partial charge is 0.497 e. The van der Waals surface area contributed by atoms with Gasteiger partial charge in [0.1, 0.15) is 5.75 Å². The van der Waals surface area contributed by atoms with Gasteiger partial charge in [0.2, 0.25) is 0 Å². The molecule has 1 aromatic rings. The lowest BCUT2D eigenvalue weighted by atomic mass is 9.57. The van der Waals surface area contributed by atoms with Crippen LogP contribution in [-0.4, -0.2) is 13.2 Å². The van der Waals surface area contributed by atoms with Crippen LogP contribution in [0.3, 0.4) is 0 Å². The molecule has 0 bridgehead atoms. The van der Waals surface area contributed by atoms with E-state index in [1.54, 1.807) is 7.11 Å². The van der Waals surface area contributed by atoms with Crippen LogP contribution in [0.25, 0.3) is 0 Å². The second-order valence-corrected chi connectivity index (χ2v) is 6.68. The Labute approximate surface area is 122 Å². The highest BCUT2D eigenvalue weighted by atomic mass is 16.5. The van der Waals surface area contributed by atoms with Crippen molar-refractivity contribution < 1.29 is 4.74 Å². The predicted octanol–water partition coefficient (Wildman–Crippen LogP) is 4.46. The molecule has 2 fully saturated rings. The first-order chi connectivity index (χ1) is 9.73. The zero-order valence-electron chi connectivity index (χ0n) is 12.8. The second-order valence-electron chi connectivity index (χ2n) is 6.68. The molecule has 3 rings (SSSR count). The molecular formula is C18H27NO. The molecule has 110 valence electrons. The first kappa shape index (κ1) is 13.9. The molecule has 20 heavy (non-hydrogen) atoms. The average Bonchev–Trinajstić information content (AvgIpc) is 2.52. The molecule has 2 aliphatic carbocycles. The summed E-state index contributed by atoms with van der Waals surface area (Å²) in [6.07, 6.45) is 9.99. The number of hydrogen-bond donors (Lipinski definition) is 1. The van der Waals surface area contributed by atoms with Crippen molar-refractivity contribution in [2.24, 2.45) is 5.41 Å². The number of ether oxygens (including phenoxy) is 1. The van der Waals surface area contributed by atoms with Gasteiger partial charge in [-0.05, 0) is 55.7 Å². The lowest BCUT2D eigenvalue weighted by Crippen LogP contribution is -2.54. The predicted molar refractivity (Wildman–Crippen MR) is 83.1 cm³/mol. The Kier molecular flexibility index (Phi) is 4.02. The third-order valence-corrected chi connectivity index (χ3v) is 5.56. The summed E-state index contributed by atoms with van der Waals surface area (Å²) in [4.78, 5) is 0. The zero-order chi connectivity index (χ0) is 14.0. The number of methoxy groups -OCH3 is 1. The SMILES string of the molecule is COc1cccc([C@H](C)NC2CCC23CCCCC3)c1. The van der Waals surface area contributed by atoms with Gasteiger partial charge in [-0.25, -0.2) is 0 Å². The molecule has 1 unspecified atom stereocenters. The molecule has 1 aromatic carbocycles. The quantitative estimate of drug-likeness (QED) is 0.874. The summed E-state index contributed by atoms with van der Waals surface area (Å²) in [5.74, 6) is 0.956. The van der Waals surface area contributed by atoms with E-state index in [1.165, 1.54) is 50.5 Å². The summed E-state index contributed by atoms with van der Waals surface area (Å²) in [5.41, 5.74) is 1.97. The molecule has 0 aliphatic heterocycles. The van der Waals surface area contributed by atoms with Crippen molar-refractivity contribution in [1.29, 1.82) is 0 Å². The van der Waals surface area contributed by atoms with Crippen LogP contribution in [0.15, 0.2) is 24.3 Å². The van der Waals surface area contributed by atoms with Gasteiger partial charge in [-0.2, -0.15) is 0 Å². The summed E-state index contributed by atoms with van der Waals surface area (Å²) < 4.78 is 5.33. The molecule has 2 aliphatic rings. The van der Waals surface area contributed by atoms with Crippen LogP contribution in [0.2, 0.25) is 0 Å². The van der Waals surface area contributed by atoms with E-state index in [0.29, 0.717) is 11.5 Å². The van der Waals surface area contributed by atoms with E-state index in [9.17, 15) is 0 Å². The number of nitrogens with one attached hydrogen (secondary N) is 1. The minimum atomic E-state index is 0.411. The van der Waals surface area contributed by atoms with E-state index in [-0.39, 0.29) is 0 Å². The Morgan fingerprint density at radius 2 is 2.00 bits per heavy atom. The summed E-state index contributed by atoms with van der Waals surface area (Å²) in [6, 6.07) is 9.60. The molecule has 0 radical (unpaired) electrons. The molecule has 2 heteroatoms. The fraction of sp³-hybridized carbons (Fsp3) is 0.667. The molecule has 2 atom stereocenters. The highest BCUT2D eigenvalue weighted by Crippen LogP contribution is 2.52. The minimum absolute atomic E-state index is 0.411. The molecule has 2 nitrogen and oxygen atoms in total. The molecule has 2 saturated carbocycles. The van der Waals surface area contributed by atoms with E-state index in [1.807, 2.05) is 6.07 Å². The van der Waals surface area contributed by atoms with Crippen molar-refractivity contribution in [1.82, 2.24) is 5.32 Å². The minimum Gasteiger partial charge on any atom is -0.497 e. The summed E-state index contributed by atoms with van der Waals surface area (Å²) >= 11 is 0. The lowest BCUT2D eigenvalue weighted by Gasteiger charge is -2.53. The van der Waals surface area contributed by atoms with E-state index in [0.717, 1.165) is 11.8 Å². The first-order valence-electron chi connectivity index (χ1n) is 8.13. The van der Waals surface area contributed by atoms with Gasteiger partial charge in [-0.15, -0.1) is 0 Å². The van der Waals surface area contributed by atoms with Gasteiger partial charge in [-0.1, -0.05) is 31.4 Å². The summed E-state index contributed by atoms with van der Waals surface area (Å²) in [7, 11) is 1.74. The van der Waals surface area contributed by atoms with Gasteiger partial charge in [0.15, 0.2) is 0 Å². The van der Waals surface area contributed by atoms with Crippen LogP contribution in [0.1, 0.15) is 63.5 Å². The third kappa shape index (κ3) is 2.58. The van der Waals surface area contributed by atoms with E-state index in [4.69, 9.17) is 4.74 Å². The van der Waals surface area contributed by atoms with Crippen molar-refractivity contribution in [3.8, 4) is 5.75 Å². The maximum absolute atomic E-state index is 5.33. The standard InChI is InChI=1S/C18H27NO/c1-14(15-7-6-8-16(13-15)20-2)19-17-9-12-18(17)10-4-3-5-11-18/h6-8,13-14,17,19H,3-5,9-12H2,1-2H3/t14-,17?/m0/s1. The van der Waals surface area contributed by atoms with Crippen molar-refractivity contribution in [3.63, 3.8) is 0 Å². The van der Waals surface area contributed by atoms with Crippen molar-refractivity contribution >= 4 is 0 Å². The van der Waals surface area contributed by atoms with Crippen molar-refractivity contribution in [2.75, 3.05) is 7.11 Å². The van der Waals surface area contributed by atoms with Gasteiger partial charge >= 0.3 is 0 Å². The van der Waals surface area contributed by atoms with E-state index < -0.39 is 0 Å². The van der Waals surface area contributed by atoms with Crippen LogP contribution in [0.4, 0.5) is 0 Å². The van der Waals surface area contributed by atoms with Crippen LogP contribution in [0.5, 0.6) is 5.75 Å². The van der Waals surface area contributed by atoms with Gasteiger partial charge in [0.25, 0.3) is 0 Å². The Balaban J connectivity index is 1.65. The van der Waals surface area contributed by atoms with Gasteiger partial charge in [-0.3, -0.25) is 0 Å². The summed E-state index contributed by atoms with van der Waals surface area (Å²) in [5, 5.41) is 3.89. The van der Waals surface area contributed by atoms with Crippen molar-refractivity contribution in [3.05, 3.63) is 29.8 Å². The Morgan fingerprint density at radius 3 is 2.65 bits per heavy atom. The fourth-order valence-electron chi connectivity index (χ4n) is 4.12. The number of benzene rings is 1. The van der Waals surface area contributed by atoms with Crippen molar-refractivity contribution in [2.45, 2.75) is 64.0 Å². The van der Waals surface area contributed by atoms with Gasteiger partial charge in [0.05, 0.1) is 7.11 Å². The Morgan fingerprint density at radius 1 is 1.20 bits per heavy atom. The highest BCUT2D eigenvalue weighted by molar-refractivity contribution is 5.30. The summed E-state index contributed by atoms with van der Waals surface area (Å²) in [6.45, 7) is 2.28. The monoisotopic (exact) mass is 273 g/mol. The number of hydrogen-bond acceptors (Lipinski definition) is 2. The molecule has 0 saturated heterocycles. The maximum Gasteiger partial charge on any atom is 0.119 e. The van der Waals surface area contributed by atoms with E-state index in [2.05, 4.69) is 30.4 Å². The molecule has 1 spiro atoms. The van der Waals surface area contributed by atoms with Crippen LogP contribution in [0, 0.1) is 5.41 Å². The third-order valence-electron chi connectivity index (χ3n) is 5.56. The normalized spacial score (nSPS) is 26.0. The van der Waals surface area contributed by atoms with Crippen LogP contribution < -0.4 is 10.1 Å². The molecule has 1 N–H and O–H groups in total. The lowest BCUT2D eigenvalue weighted by molar-refractivity contribution is 0.0174. The Bertz CT molecular complexity index is 450. The molecule has 0 heterocycles.